The smallest absolute Gasteiger partial charge is 0.231 e. The summed E-state index contributed by atoms with van der Waals surface area (Å²) in [5.41, 5.74) is 0. The van der Waals surface area contributed by atoms with Gasteiger partial charge in [-0.15, -0.1) is 11.8 Å². The first-order valence-corrected chi connectivity index (χ1v) is 10.1. The van der Waals surface area contributed by atoms with Gasteiger partial charge in [0.25, 0.3) is 0 Å². The van der Waals surface area contributed by atoms with E-state index in [1.807, 2.05) is 23.5 Å². The van der Waals surface area contributed by atoms with E-state index in [9.17, 15) is 0 Å². The Labute approximate surface area is 136 Å². The molecule has 1 fully saturated rings. The summed E-state index contributed by atoms with van der Waals surface area (Å²) in [5.74, 6) is 4.35. The van der Waals surface area contributed by atoms with Gasteiger partial charge >= 0.3 is 0 Å². The fraction of sp³-hybridized carbons (Fsp3) is 0.867. The predicted molar refractivity (Wildman–Crippen MR) is 92.2 cm³/mol. The maximum atomic E-state index is 5.58. The molecule has 4 unspecified atom stereocenters. The highest BCUT2D eigenvalue weighted by Gasteiger charge is 2.31. The molecule has 0 aliphatic carbocycles. The Hall–Kier alpha value is -0.200. The normalized spacial score (nSPS) is 25.7. The van der Waals surface area contributed by atoms with Crippen LogP contribution in [0, 0.1) is 0 Å². The van der Waals surface area contributed by atoms with Crippen LogP contribution in [0.1, 0.15) is 63.4 Å². The number of nitrogens with one attached hydrogen (secondary N) is 1. The molecule has 4 atom stereocenters. The van der Waals surface area contributed by atoms with Gasteiger partial charge in [0.1, 0.15) is 0 Å². The number of hydrogen-bond acceptors (Lipinski definition) is 6. The van der Waals surface area contributed by atoms with E-state index in [0.717, 1.165) is 31.1 Å². The van der Waals surface area contributed by atoms with E-state index in [4.69, 9.17) is 9.51 Å². The second-order valence-corrected chi connectivity index (χ2v) is 8.06. The van der Waals surface area contributed by atoms with Crippen molar-refractivity contribution in [3.63, 3.8) is 0 Å². The second kappa shape index (κ2) is 8.44. The molecule has 2 heterocycles. The summed E-state index contributed by atoms with van der Waals surface area (Å²) in [6.45, 7) is 9.72. The molecule has 0 bridgehead atoms. The molecule has 1 saturated heterocycles. The fourth-order valence-electron chi connectivity index (χ4n) is 2.80. The number of nitrogens with zero attached hydrogens (tertiary/aromatic N) is 2. The molecule has 6 heteroatoms. The predicted octanol–water partition coefficient (Wildman–Crippen LogP) is 3.86. The van der Waals surface area contributed by atoms with Crippen molar-refractivity contribution in [1.82, 2.24) is 15.5 Å². The Morgan fingerprint density at radius 3 is 2.71 bits per heavy atom. The molecule has 0 aromatic carbocycles. The molecule has 0 saturated carbocycles. The van der Waals surface area contributed by atoms with Crippen molar-refractivity contribution >= 4 is 23.5 Å². The Balaban J connectivity index is 2.09. The summed E-state index contributed by atoms with van der Waals surface area (Å²) in [5, 5.41) is 8.79. The Kier molecular flexibility index (Phi) is 6.89. The Bertz CT molecular complexity index is 427. The molecular formula is C15H27N3OS2. The first-order chi connectivity index (χ1) is 10.2. The average Bonchev–Trinajstić information content (AvgIpc) is 3.01. The molecule has 4 nitrogen and oxygen atoms in total. The van der Waals surface area contributed by atoms with E-state index in [1.165, 1.54) is 11.5 Å². The summed E-state index contributed by atoms with van der Waals surface area (Å²) in [6.07, 6.45) is 2.23. The molecule has 21 heavy (non-hydrogen) atoms. The Morgan fingerprint density at radius 2 is 2.05 bits per heavy atom. The van der Waals surface area contributed by atoms with Gasteiger partial charge in [0.15, 0.2) is 5.82 Å². The van der Waals surface area contributed by atoms with Crippen LogP contribution >= 0.6 is 23.5 Å². The van der Waals surface area contributed by atoms with Gasteiger partial charge in [-0.25, -0.2) is 0 Å². The van der Waals surface area contributed by atoms with Crippen molar-refractivity contribution in [1.29, 1.82) is 0 Å². The van der Waals surface area contributed by atoms with Crippen LogP contribution in [-0.4, -0.2) is 39.5 Å². The van der Waals surface area contributed by atoms with Crippen molar-refractivity contribution in [2.45, 2.75) is 63.0 Å². The topological polar surface area (TPSA) is 51.0 Å². The first kappa shape index (κ1) is 17.2. The molecule has 2 rings (SSSR count). The molecule has 120 valence electrons. The van der Waals surface area contributed by atoms with Crippen LogP contribution in [-0.2, 0) is 0 Å². The summed E-state index contributed by atoms with van der Waals surface area (Å²) in [6, 6.07) is 0.402. The van der Waals surface area contributed by atoms with E-state index in [2.05, 4.69) is 38.2 Å². The fourth-order valence-corrected chi connectivity index (χ4v) is 5.78. The van der Waals surface area contributed by atoms with Gasteiger partial charge < -0.3 is 9.84 Å². The van der Waals surface area contributed by atoms with Crippen LogP contribution < -0.4 is 5.32 Å². The minimum Gasteiger partial charge on any atom is -0.339 e. The molecule has 1 aliphatic heterocycles. The zero-order chi connectivity index (χ0) is 15.2. The highest BCUT2D eigenvalue weighted by atomic mass is 32.2. The molecule has 0 amide bonds. The van der Waals surface area contributed by atoms with Crippen molar-refractivity contribution in [3.8, 4) is 0 Å². The minimum atomic E-state index is 0.262. The van der Waals surface area contributed by atoms with Gasteiger partial charge in [0.05, 0.1) is 11.2 Å². The molecule has 0 spiro atoms. The Morgan fingerprint density at radius 1 is 1.29 bits per heavy atom. The maximum Gasteiger partial charge on any atom is 0.231 e. The maximum absolute atomic E-state index is 5.58. The monoisotopic (exact) mass is 329 g/mol. The van der Waals surface area contributed by atoms with Crippen LogP contribution in [0.4, 0.5) is 0 Å². The summed E-state index contributed by atoms with van der Waals surface area (Å²) in [4.78, 5) is 4.73. The molecule has 1 aromatic heterocycles. The van der Waals surface area contributed by atoms with Crippen LogP contribution in [0.2, 0.25) is 0 Å². The average molecular weight is 330 g/mol. The zero-order valence-corrected chi connectivity index (χ0v) is 15.1. The van der Waals surface area contributed by atoms with Crippen LogP contribution in [0.25, 0.3) is 0 Å². The van der Waals surface area contributed by atoms with Crippen LogP contribution in [0.3, 0.4) is 0 Å². The van der Waals surface area contributed by atoms with Gasteiger partial charge in [0, 0.05) is 22.8 Å². The third kappa shape index (κ3) is 4.17. The molecule has 1 aliphatic rings. The van der Waals surface area contributed by atoms with Crippen molar-refractivity contribution in [2.75, 3.05) is 18.1 Å². The van der Waals surface area contributed by atoms with Crippen molar-refractivity contribution < 1.29 is 4.52 Å². The van der Waals surface area contributed by atoms with Gasteiger partial charge in [-0.1, -0.05) is 32.9 Å². The van der Waals surface area contributed by atoms with E-state index in [-0.39, 0.29) is 5.92 Å². The number of likely N-dealkylation sites (N-methyl/N-ethyl adjacent to an activating group) is 1. The van der Waals surface area contributed by atoms with Gasteiger partial charge in [-0.05, 0) is 19.4 Å². The van der Waals surface area contributed by atoms with Crippen molar-refractivity contribution in [2.24, 2.45) is 0 Å². The number of hydrogen-bond donors (Lipinski definition) is 1. The van der Waals surface area contributed by atoms with E-state index in [1.54, 1.807) is 0 Å². The summed E-state index contributed by atoms with van der Waals surface area (Å²) in [7, 11) is 0. The zero-order valence-electron chi connectivity index (χ0n) is 13.5. The lowest BCUT2D eigenvalue weighted by molar-refractivity contribution is 0.319. The summed E-state index contributed by atoms with van der Waals surface area (Å²) >= 11 is 4.02. The summed E-state index contributed by atoms with van der Waals surface area (Å²) < 4.78 is 5.58. The lowest BCUT2D eigenvalue weighted by Gasteiger charge is -2.27. The lowest BCUT2D eigenvalue weighted by Crippen LogP contribution is -2.33. The van der Waals surface area contributed by atoms with Gasteiger partial charge in [-0.3, -0.25) is 0 Å². The largest absolute Gasteiger partial charge is 0.339 e. The SMILES string of the molecule is CCNC(CC)C(C)c1nc(C2SCCSC2CC)no1. The highest BCUT2D eigenvalue weighted by Crippen LogP contribution is 2.43. The number of thioether (sulfide) groups is 2. The minimum absolute atomic E-state index is 0.262. The second-order valence-electron chi connectivity index (χ2n) is 5.46. The lowest BCUT2D eigenvalue weighted by atomic mass is 9.99. The van der Waals surface area contributed by atoms with E-state index < -0.39 is 0 Å². The van der Waals surface area contributed by atoms with Crippen LogP contribution in [0.15, 0.2) is 4.52 Å². The molecule has 1 aromatic rings. The standard InChI is InChI=1S/C15H27N3OS2/c1-5-11(16-7-3)10(4)15-17-14(18-19-15)13-12(6-2)20-8-9-21-13/h10-13,16H,5-9H2,1-4H3. The van der Waals surface area contributed by atoms with Gasteiger partial charge in [0.2, 0.25) is 5.89 Å². The number of aromatic nitrogens is 2. The van der Waals surface area contributed by atoms with Crippen LogP contribution in [0.5, 0.6) is 0 Å². The third-order valence-corrected chi connectivity index (χ3v) is 7.31. The van der Waals surface area contributed by atoms with E-state index in [0.29, 0.717) is 16.5 Å². The number of rotatable bonds is 7. The third-order valence-electron chi connectivity index (χ3n) is 4.06. The van der Waals surface area contributed by atoms with E-state index >= 15 is 0 Å². The van der Waals surface area contributed by atoms with Gasteiger partial charge in [-0.2, -0.15) is 16.7 Å². The first-order valence-electron chi connectivity index (χ1n) is 8.01. The highest BCUT2D eigenvalue weighted by molar-refractivity contribution is 8.06. The van der Waals surface area contributed by atoms with Crippen molar-refractivity contribution in [3.05, 3.63) is 11.7 Å². The molecular weight excluding hydrogens is 302 g/mol. The molecule has 0 radical (unpaired) electrons. The molecule has 1 N–H and O–H groups in total. The quantitative estimate of drug-likeness (QED) is 0.820.